The summed E-state index contributed by atoms with van der Waals surface area (Å²) in [6.45, 7) is 2.91. The second-order valence-electron chi connectivity index (χ2n) is 8.48. The van der Waals surface area contributed by atoms with Crippen molar-refractivity contribution in [3.8, 4) is 0 Å². The fourth-order valence-electron chi connectivity index (χ4n) is 4.88. The number of halogens is 1. The summed E-state index contributed by atoms with van der Waals surface area (Å²) in [6.07, 6.45) is 7.18. The summed E-state index contributed by atoms with van der Waals surface area (Å²) < 4.78 is 0.987. The second-order valence-corrected chi connectivity index (χ2v) is 8.92. The number of piperazine rings is 1. The van der Waals surface area contributed by atoms with Crippen LogP contribution in [0.15, 0.2) is 61.1 Å². The molecule has 2 aliphatic rings. The molecule has 2 aromatic heterocycles. The summed E-state index contributed by atoms with van der Waals surface area (Å²) in [7, 11) is 0. The van der Waals surface area contributed by atoms with Crippen LogP contribution >= 0.6 is 11.6 Å². The van der Waals surface area contributed by atoms with Crippen LogP contribution in [0.5, 0.6) is 0 Å². The van der Waals surface area contributed by atoms with Crippen LogP contribution in [0.2, 0.25) is 5.02 Å². The Morgan fingerprint density at radius 1 is 1.09 bits per heavy atom. The number of rotatable bonds is 3. The van der Waals surface area contributed by atoms with Crippen molar-refractivity contribution in [1.29, 1.82) is 0 Å². The molecule has 7 heteroatoms. The number of hydrogen-bond acceptors (Lipinski definition) is 4. The maximum absolute atomic E-state index is 12.8. The Morgan fingerprint density at radius 2 is 1.91 bits per heavy atom. The molecule has 0 bridgehead atoms. The third-order valence-corrected chi connectivity index (χ3v) is 6.72. The summed E-state index contributed by atoms with van der Waals surface area (Å²) in [5.41, 5.74) is 5.74. The van der Waals surface area contributed by atoms with E-state index in [9.17, 15) is 10.0 Å². The molecule has 1 amide bonds. The second kappa shape index (κ2) is 8.88. The minimum absolute atomic E-state index is 0.0701. The van der Waals surface area contributed by atoms with Gasteiger partial charge in [0.1, 0.15) is 0 Å². The van der Waals surface area contributed by atoms with Gasteiger partial charge in [-0.25, -0.2) is 0 Å². The van der Waals surface area contributed by atoms with Crippen LogP contribution in [0.1, 0.15) is 34.0 Å². The molecule has 1 aromatic carbocycles. The number of aryl methyl sites for hydroxylation is 2. The van der Waals surface area contributed by atoms with Crippen LogP contribution in [0.4, 0.5) is 0 Å². The zero-order valence-electron chi connectivity index (χ0n) is 17.8. The molecule has 1 N–H and O–H groups in total. The minimum atomic E-state index is 0.0701. The van der Waals surface area contributed by atoms with Gasteiger partial charge in [-0.2, -0.15) is 0 Å². The molecule has 1 aliphatic carbocycles. The highest BCUT2D eigenvalue weighted by Gasteiger charge is 2.33. The van der Waals surface area contributed by atoms with E-state index in [1.54, 1.807) is 12.3 Å². The summed E-state index contributed by atoms with van der Waals surface area (Å²) in [4.78, 5) is 22.0. The van der Waals surface area contributed by atoms with Crippen molar-refractivity contribution in [3.05, 3.63) is 94.0 Å². The molecular formula is C25H26ClN4O2+. The first-order chi connectivity index (χ1) is 15.6. The Bertz CT molecular complexity index is 1140. The maximum atomic E-state index is 12.8. The van der Waals surface area contributed by atoms with E-state index in [2.05, 4.69) is 23.1 Å². The number of pyridine rings is 2. The van der Waals surface area contributed by atoms with E-state index in [0.29, 0.717) is 13.1 Å². The average Bonchev–Trinajstić information content (AvgIpc) is 2.96. The van der Waals surface area contributed by atoms with Gasteiger partial charge >= 0.3 is 0 Å². The third kappa shape index (κ3) is 4.20. The molecule has 1 aliphatic heterocycles. The van der Waals surface area contributed by atoms with E-state index >= 15 is 0 Å². The number of amides is 1. The van der Waals surface area contributed by atoms with Crippen molar-refractivity contribution in [3.63, 3.8) is 0 Å². The van der Waals surface area contributed by atoms with Crippen LogP contribution in [0, 0.1) is 0 Å². The molecule has 3 heterocycles. The smallest absolute Gasteiger partial charge is 0.227 e. The summed E-state index contributed by atoms with van der Waals surface area (Å²) in [6, 6.07) is 14.0. The van der Waals surface area contributed by atoms with E-state index in [1.807, 2.05) is 29.3 Å². The van der Waals surface area contributed by atoms with Crippen molar-refractivity contribution in [2.24, 2.45) is 0 Å². The number of hydrogen-bond donors (Lipinski definition) is 1. The molecule has 0 unspecified atom stereocenters. The fourth-order valence-corrected chi connectivity index (χ4v) is 5.08. The largest absolute Gasteiger partial charge is 0.340 e. The van der Waals surface area contributed by atoms with Gasteiger partial charge in [0.25, 0.3) is 0 Å². The molecule has 5 rings (SSSR count). The van der Waals surface area contributed by atoms with E-state index in [1.165, 1.54) is 22.9 Å². The van der Waals surface area contributed by atoms with Gasteiger partial charge in [-0.3, -0.25) is 19.9 Å². The lowest BCUT2D eigenvalue weighted by atomic mass is 9.96. The quantitative estimate of drug-likeness (QED) is 0.493. The van der Waals surface area contributed by atoms with E-state index < -0.39 is 0 Å². The van der Waals surface area contributed by atoms with Crippen molar-refractivity contribution in [2.45, 2.75) is 25.3 Å². The third-order valence-electron chi connectivity index (χ3n) is 6.48. The van der Waals surface area contributed by atoms with Crippen molar-refractivity contribution >= 4 is 17.5 Å². The highest BCUT2D eigenvalue weighted by Crippen LogP contribution is 2.37. The first-order valence-corrected chi connectivity index (χ1v) is 11.4. The van der Waals surface area contributed by atoms with Crippen LogP contribution in [0.25, 0.3) is 0 Å². The van der Waals surface area contributed by atoms with Gasteiger partial charge in [0.2, 0.25) is 18.3 Å². The van der Waals surface area contributed by atoms with Gasteiger partial charge in [-0.15, -0.1) is 0 Å². The normalized spacial score (nSPS) is 18.5. The van der Waals surface area contributed by atoms with E-state index in [-0.39, 0.29) is 18.4 Å². The minimum Gasteiger partial charge on any atom is -0.340 e. The SMILES string of the molecule is O=C(Cc1ccc[n+](O)c1)N1CCN([C@H]2c3ccc(Cl)cc3CCc3cccnc32)CC1. The molecule has 1 fully saturated rings. The van der Waals surface area contributed by atoms with Crippen LogP contribution < -0.4 is 4.73 Å². The van der Waals surface area contributed by atoms with Crippen LogP contribution in [-0.2, 0) is 24.1 Å². The Labute approximate surface area is 192 Å². The summed E-state index contributed by atoms with van der Waals surface area (Å²) in [5, 5.41) is 10.4. The molecule has 1 saturated heterocycles. The first-order valence-electron chi connectivity index (χ1n) is 11.0. The molecule has 0 spiro atoms. The van der Waals surface area contributed by atoms with Gasteiger partial charge in [0.05, 0.1) is 18.2 Å². The predicted molar refractivity (Wildman–Crippen MR) is 121 cm³/mol. The van der Waals surface area contributed by atoms with Crippen LogP contribution in [-0.4, -0.2) is 52.1 Å². The zero-order chi connectivity index (χ0) is 22.1. The molecule has 6 nitrogen and oxygen atoms in total. The highest BCUT2D eigenvalue weighted by molar-refractivity contribution is 6.30. The standard InChI is InChI=1S/C25H26ClN4O2/c26-21-7-8-22-20(16-21)6-5-19-4-1-9-27-24(19)25(22)29-13-11-28(12-14-29)23(31)15-18-3-2-10-30(32)17-18/h1-4,7-10,16-17,25,32H,5-6,11-15H2/q+1/t25-/m0/s1. The van der Waals surface area contributed by atoms with E-state index in [0.717, 1.165) is 46.9 Å². The number of fused-ring (bicyclic) bond motifs is 2. The van der Waals surface area contributed by atoms with Crippen molar-refractivity contribution in [2.75, 3.05) is 26.2 Å². The Morgan fingerprint density at radius 3 is 2.72 bits per heavy atom. The zero-order valence-corrected chi connectivity index (χ0v) is 18.6. The molecule has 1 atom stereocenters. The molecule has 0 saturated carbocycles. The van der Waals surface area contributed by atoms with Gasteiger partial charge in [0.15, 0.2) is 0 Å². The fraction of sp³-hybridized carbons (Fsp3) is 0.320. The summed E-state index contributed by atoms with van der Waals surface area (Å²) >= 11 is 6.31. The summed E-state index contributed by atoms with van der Waals surface area (Å²) in [5.74, 6) is 0.0856. The molecule has 164 valence electrons. The number of carbonyl (C=O) groups excluding carboxylic acids is 1. The first kappa shape index (κ1) is 20.9. The Balaban J connectivity index is 1.36. The van der Waals surface area contributed by atoms with Gasteiger partial charge in [-0.1, -0.05) is 23.7 Å². The lowest BCUT2D eigenvalue weighted by molar-refractivity contribution is -0.905. The van der Waals surface area contributed by atoms with Gasteiger partial charge in [0, 0.05) is 53.8 Å². The lowest BCUT2D eigenvalue weighted by Crippen LogP contribution is -2.50. The number of aromatic nitrogens is 2. The Hall–Kier alpha value is -2.96. The molecule has 0 radical (unpaired) electrons. The number of carbonyl (C=O) groups is 1. The topological polar surface area (TPSA) is 60.6 Å². The number of benzene rings is 1. The predicted octanol–water partition coefficient (Wildman–Crippen LogP) is 2.83. The monoisotopic (exact) mass is 449 g/mol. The Kier molecular flexibility index (Phi) is 5.81. The van der Waals surface area contributed by atoms with E-state index in [4.69, 9.17) is 16.6 Å². The maximum Gasteiger partial charge on any atom is 0.227 e. The van der Waals surface area contributed by atoms with Crippen LogP contribution in [0.3, 0.4) is 0 Å². The van der Waals surface area contributed by atoms with Gasteiger partial charge < -0.3 is 4.90 Å². The van der Waals surface area contributed by atoms with Crippen molar-refractivity contribution in [1.82, 2.24) is 14.8 Å². The lowest BCUT2D eigenvalue weighted by Gasteiger charge is -2.39. The molecule has 3 aromatic rings. The highest BCUT2D eigenvalue weighted by atomic mass is 35.5. The van der Waals surface area contributed by atoms with Gasteiger partial charge in [-0.05, 0) is 53.8 Å². The molecular weight excluding hydrogens is 424 g/mol. The average molecular weight is 450 g/mol. The number of nitrogens with zero attached hydrogens (tertiary/aromatic N) is 4. The van der Waals surface area contributed by atoms with Crippen molar-refractivity contribution < 1.29 is 14.7 Å². The molecule has 32 heavy (non-hydrogen) atoms.